The van der Waals surface area contributed by atoms with Crippen molar-refractivity contribution in [3.8, 4) is 5.75 Å². The van der Waals surface area contributed by atoms with Crippen molar-refractivity contribution in [2.75, 3.05) is 44.7 Å². The highest BCUT2D eigenvalue weighted by Gasteiger charge is 2.24. The lowest BCUT2D eigenvalue weighted by atomic mass is 10.0. The number of anilines is 1. The van der Waals surface area contributed by atoms with Gasteiger partial charge in [0.25, 0.3) is 5.91 Å². The van der Waals surface area contributed by atoms with E-state index in [0.717, 1.165) is 64.0 Å². The molecular weight excluding hydrogens is 402 g/mol. The molecule has 2 heterocycles. The number of para-hydroxylation sites is 1. The Labute approximate surface area is 191 Å². The fraction of sp³-hybridized carbons (Fsp3) is 0.500. The number of hydrogen-bond acceptors (Lipinski definition) is 5. The molecule has 2 saturated heterocycles. The number of piperidine rings is 2. The van der Waals surface area contributed by atoms with Gasteiger partial charge in [0.1, 0.15) is 5.75 Å². The van der Waals surface area contributed by atoms with E-state index in [9.17, 15) is 9.90 Å². The van der Waals surface area contributed by atoms with E-state index < -0.39 is 6.10 Å². The number of likely N-dealkylation sites (tertiary alicyclic amines) is 1. The zero-order valence-electron chi connectivity index (χ0n) is 19.0. The summed E-state index contributed by atoms with van der Waals surface area (Å²) in [4.78, 5) is 16.9. The van der Waals surface area contributed by atoms with Crippen molar-refractivity contribution in [2.24, 2.45) is 0 Å². The molecule has 4 rings (SSSR count). The number of hydrogen-bond donors (Lipinski definition) is 2. The molecule has 2 aromatic rings. The molecule has 2 fully saturated rings. The maximum Gasteiger partial charge on any atom is 0.253 e. The van der Waals surface area contributed by atoms with Crippen LogP contribution in [0.1, 0.15) is 41.6 Å². The van der Waals surface area contributed by atoms with Gasteiger partial charge in [0.15, 0.2) is 0 Å². The number of carbonyl (C=O) groups excluding carboxylic acids is 1. The minimum atomic E-state index is -0.392. The van der Waals surface area contributed by atoms with Crippen molar-refractivity contribution < 1.29 is 14.6 Å². The summed E-state index contributed by atoms with van der Waals surface area (Å²) in [5, 5.41) is 13.5. The predicted octanol–water partition coefficient (Wildman–Crippen LogP) is 3.09. The number of aliphatic hydroxyl groups excluding tert-OH is 1. The second-order valence-corrected chi connectivity index (χ2v) is 8.87. The first kappa shape index (κ1) is 22.6. The van der Waals surface area contributed by atoms with Crippen molar-refractivity contribution in [1.82, 2.24) is 10.2 Å². The molecule has 2 aliphatic heterocycles. The van der Waals surface area contributed by atoms with Gasteiger partial charge in [-0.25, -0.2) is 0 Å². The van der Waals surface area contributed by atoms with Crippen molar-refractivity contribution in [3.63, 3.8) is 0 Å². The Morgan fingerprint density at radius 1 is 1.06 bits per heavy atom. The number of rotatable bonds is 7. The summed E-state index contributed by atoms with van der Waals surface area (Å²) >= 11 is 0. The average Bonchev–Trinajstić information content (AvgIpc) is 2.84. The van der Waals surface area contributed by atoms with Crippen LogP contribution in [0.5, 0.6) is 5.75 Å². The first-order valence-electron chi connectivity index (χ1n) is 11.8. The average molecular weight is 438 g/mol. The largest absolute Gasteiger partial charge is 0.496 e. The van der Waals surface area contributed by atoms with Crippen molar-refractivity contribution in [2.45, 2.75) is 44.2 Å². The third-order valence-electron chi connectivity index (χ3n) is 6.68. The number of ether oxygens (including phenoxy) is 1. The summed E-state index contributed by atoms with van der Waals surface area (Å²) < 4.78 is 5.44. The molecule has 0 saturated carbocycles. The molecule has 0 radical (unpaired) electrons. The van der Waals surface area contributed by atoms with Crippen LogP contribution in [0.25, 0.3) is 0 Å². The van der Waals surface area contributed by atoms with E-state index in [-0.39, 0.29) is 5.91 Å². The molecule has 0 aliphatic carbocycles. The number of benzene rings is 2. The predicted molar refractivity (Wildman–Crippen MR) is 128 cm³/mol. The number of nitrogens with one attached hydrogen (secondary N) is 1. The van der Waals surface area contributed by atoms with E-state index in [0.29, 0.717) is 18.2 Å². The van der Waals surface area contributed by atoms with Crippen LogP contribution in [0, 0.1) is 0 Å². The number of methoxy groups -OCH3 is 1. The first-order valence-corrected chi connectivity index (χ1v) is 11.8. The molecule has 32 heavy (non-hydrogen) atoms. The zero-order chi connectivity index (χ0) is 22.3. The number of nitrogens with zero attached hydrogens (tertiary/aromatic N) is 2. The van der Waals surface area contributed by atoms with Crippen molar-refractivity contribution in [1.29, 1.82) is 0 Å². The van der Waals surface area contributed by atoms with Crippen LogP contribution in [0.4, 0.5) is 5.69 Å². The summed E-state index contributed by atoms with van der Waals surface area (Å²) in [6, 6.07) is 16.7. The monoisotopic (exact) mass is 437 g/mol. The molecule has 2 N–H and O–H groups in total. The van der Waals surface area contributed by atoms with E-state index in [2.05, 4.69) is 34.5 Å². The Balaban J connectivity index is 1.23. The lowest BCUT2D eigenvalue weighted by Gasteiger charge is -2.34. The van der Waals surface area contributed by atoms with Crippen LogP contribution >= 0.6 is 0 Å². The van der Waals surface area contributed by atoms with Crippen LogP contribution < -0.4 is 15.0 Å². The van der Waals surface area contributed by atoms with Crippen LogP contribution in [-0.2, 0) is 6.42 Å². The lowest BCUT2D eigenvalue weighted by molar-refractivity contribution is 0.0474. The summed E-state index contributed by atoms with van der Waals surface area (Å²) in [6.45, 7) is 4.15. The van der Waals surface area contributed by atoms with Gasteiger partial charge in [0.05, 0.1) is 13.2 Å². The van der Waals surface area contributed by atoms with Gasteiger partial charge in [-0.1, -0.05) is 18.2 Å². The van der Waals surface area contributed by atoms with E-state index in [1.165, 1.54) is 11.3 Å². The number of β-amino-alcohol motifs (C(OH)–C–C–N with tert-alkyl or cyclic N) is 1. The van der Waals surface area contributed by atoms with E-state index in [4.69, 9.17) is 4.74 Å². The molecule has 6 nitrogen and oxygen atoms in total. The Morgan fingerprint density at radius 2 is 1.81 bits per heavy atom. The minimum Gasteiger partial charge on any atom is -0.496 e. The van der Waals surface area contributed by atoms with Gasteiger partial charge in [0.2, 0.25) is 0 Å². The van der Waals surface area contributed by atoms with E-state index in [1.54, 1.807) is 12.0 Å². The second kappa shape index (κ2) is 10.8. The fourth-order valence-electron chi connectivity index (χ4n) is 4.80. The third kappa shape index (κ3) is 5.61. The molecule has 2 aliphatic rings. The van der Waals surface area contributed by atoms with Crippen LogP contribution in [0.15, 0.2) is 48.5 Å². The molecule has 6 heteroatoms. The molecule has 0 bridgehead atoms. The number of carbonyl (C=O) groups is 1. The number of aliphatic hydroxyl groups is 1. The van der Waals surface area contributed by atoms with Gasteiger partial charge in [0, 0.05) is 43.5 Å². The van der Waals surface area contributed by atoms with E-state index >= 15 is 0 Å². The summed E-state index contributed by atoms with van der Waals surface area (Å²) in [6.07, 6.45) is 4.45. The highest BCUT2D eigenvalue weighted by molar-refractivity contribution is 5.94. The normalized spacial score (nSPS) is 19.8. The Morgan fingerprint density at radius 3 is 2.53 bits per heavy atom. The van der Waals surface area contributed by atoms with E-state index in [1.807, 2.05) is 24.3 Å². The fourth-order valence-corrected chi connectivity index (χ4v) is 4.80. The molecule has 0 spiro atoms. The van der Waals surface area contributed by atoms with Gasteiger partial charge < -0.3 is 25.0 Å². The maximum absolute atomic E-state index is 12.7. The second-order valence-electron chi connectivity index (χ2n) is 8.87. The maximum atomic E-state index is 12.7. The highest BCUT2D eigenvalue weighted by atomic mass is 16.5. The molecular formula is C26H35N3O3. The highest BCUT2D eigenvalue weighted by Crippen LogP contribution is 2.22. The third-order valence-corrected chi connectivity index (χ3v) is 6.68. The van der Waals surface area contributed by atoms with Gasteiger partial charge in [-0.2, -0.15) is 0 Å². The topological polar surface area (TPSA) is 65.0 Å². The summed E-state index contributed by atoms with van der Waals surface area (Å²) in [5.74, 6) is 0.982. The van der Waals surface area contributed by atoms with Crippen LogP contribution in [0.2, 0.25) is 0 Å². The Kier molecular flexibility index (Phi) is 7.66. The Bertz CT molecular complexity index is 878. The quantitative estimate of drug-likeness (QED) is 0.697. The smallest absolute Gasteiger partial charge is 0.253 e. The van der Waals surface area contributed by atoms with Gasteiger partial charge in [-0.3, -0.25) is 4.79 Å². The molecule has 0 aromatic heterocycles. The van der Waals surface area contributed by atoms with Crippen LogP contribution in [0.3, 0.4) is 0 Å². The zero-order valence-corrected chi connectivity index (χ0v) is 19.0. The SMILES string of the molecule is COc1ccccc1CCNC1CCN(c2ccc(C(=O)N3CCC[C@H](O)C3)cc2)CC1. The molecule has 1 atom stereocenters. The standard InChI is InChI=1S/C26H35N3O3/c1-32-25-7-3-2-5-20(25)12-15-27-22-13-17-28(18-14-22)23-10-8-21(9-11-23)26(31)29-16-4-6-24(30)19-29/h2-3,5,7-11,22,24,27,30H,4,6,12-19H2,1H3/t24-/m0/s1. The first-order chi connectivity index (χ1) is 15.6. The molecule has 0 unspecified atom stereocenters. The van der Waals surface area contributed by atoms with Crippen molar-refractivity contribution >= 4 is 11.6 Å². The van der Waals surface area contributed by atoms with Gasteiger partial charge >= 0.3 is 0 Å². The number of amides is 1. The molecule has 2 aromatic carbocycles. The summed E-state index contributed by atoms with van der Waals surface area (Å²) in [7, 11) is 1.72. The molecule has 1 amide bonds. The lowest BCUT2D eigenvalue weighted by Crippen LogP contribution is -2.43. The van der Waals surface area contributed by atoms with Gasteiger partial charge in [-0.05, 0) is 74.5 Å². The Hall–Kier alpha value is -2.57. The van der Waals surface area contributed by atoms with Crippen LogP contribution in [-0.4, -0.2) is 67.9 Å². The minimum absolute atomic E-state index is 0.0215. The summed E-state index contributed by atoms with van der Waals surface area (Å²) in [5.41, 5.74) is 3.12. The van der Waals surface area contributed by atoms with Crippen molar-refractivity contribution in [3.05, 3.63) is 59.7 Å². The molecule has 172 valence electrons. The van der Waals surface area contributed by atoms with Gasteiger partial charge in [-0.15, -0.1) is 0 Å².